The van der Waals surface area contributed by atoms with Crippen molar-refractivity contribution in [3.8, 4) is 11.5 Å². The number of benzene rings is 1. The van der Waals surface area contributed by atoms with Crippen molar-refractivity contribution >= 4 is 12.0 Å². The van der Waals surface area contributed by atoms with Gasteiger partial charge in [-0.05, 0) is 24.3 Å². The summed E-state index contributed by atoms with van der Waals surface area (Å²) in [5.41, 5.74) is -0.620. The van der Waals surface area contributed by atoms with Gasteiger partial charge in [0.2, 0.25) is 6.10 Å². The fourth-order valence-corrected chi connectivity index (χ4v) is 1.72. The van der Waals surface area contributed by atoms with Crippen LogP contribution in [0.2, 0.25) is 0 Å². The zero-order chi connectivity index (χ0) is 14.2. The number of carbonyl (C=O) groups is 1. The Bertz CT molecular complexity index is 548. The molecule has 7 heteroatoms. The fraction of sp³-hybridized carbons (Fsp3) is 0.250. The Labute approximate surface area is 106 Å². The minimum atomic E-state index is -4.79. The van der Waals surface area contributed by atoms with Gasteiger partial charge in [0.25, 0.3) is 0 Å². The minimum Gasteiger partial charge on any atom is -0.497 e. The highest BCUT2D eigenvalue weighted by Crippen LogP contribution is 2.38. The maximum atomic E-state index is 12.7. The third-order valence-corrected chi connectivity index (χ3v) is 2.60. The summed E-state index contributed by atoms with van der Waals surface area (Å²) >= 11 is 0. The molecule has 0 amide bonds. The third kappa shape index (κ3) is 2.49. The molecule has 1 N–H and O–H groups in total. The minimum absolute atomic E-state index is 0.0341. The molecule has 1 aromatic carbocycles. The number of fused-ring (bicyclic) bond motifs is 1. The van der Waals surface area contributed by atoms with E-state index in [-0.39, 0.29) is 11.3 Å². The lowest BCUT2D eigenvalue weighted by Gasteiger charge is -2.27. The summed E-state index contributed by atoms with van der Waals surface area (Å²) in [7, 11) is 1.39. The molecule has 0 aromatic heterocycles. The largest absolute Gasteiger partial charge is 0.497 e. The molecule has 0 unspecified atom stereocenters. The van der Waals surface area contributed by atoms with Crippen molar-refractivity contribution in [1.29, 1.82) is 0 Å². The first-order valence-electron chi connectivity index (χ1n) is 5.19. The van der Waals surface area contributed by atoms with Gasteiger partial charge in [-0.15, -0.1) is 0 Å². The molecule has 1 aromatic rings. The van der Waals surface area contributed by atoms with E-state index in [9.17, 15) is 18.0 Å². The normalized spacial score (nSPS) is 18.1. The Morgan fingerprint density at radius 3 is 2.63 bits per heavy atom. The van der Waals surface area contributed by atoms with E-state index in [4.69, 9.17) is 14.6 Å². The number of rotatable bonds is 2. The van der Waals surface area contributed by atoms with Crippen molar-refractivity contribution in [2.45, 2.75) is 12.3 Å². The van der Waals surface area contributed by atoms with Gasteiger partial charge in [0, 0.05) is 5.56 Å². The Hall–Kier alpha value is -2.18. The molecule has 0 saturated carbocycles. The van der Waals surface area contributed by atoms with Crippen LogP contribution in [-0.2, 0) is 4.79 Å². The van der Waals surface area contributed by atoms with Gasteiger partial charge < -0.3 is 14.6 Å². The van der Waals surface area contributed by atoms with E-state index in [1.54, 1.807) is 0 Å². The molecule has 0 aliphatic carbocycles. The first kappa shape index (κ1) is 13.3. The molecule has 1 atom stereocenters. The molecule has 1 aliphatic rings. The molecule has 1 heterocycles. The van der Waals surface area contributed by atoms with Gasteiger partial charge in [-0.2, -0.15) is 13.2 Å². The van der Waals surface area contributed by atoms with E-state index in [1.807, 2.05) is 0 Å². The van der Waals surface area contributed by atoms with Crippen molar-refractivity contribution < 1.29 is 32.5 Å². The highest BCUT2D eigenvalue weighted by Gasteiger charge is 2.48. The number of alkyl halides is 3. The summed E-state index contributed by atoms with van der Waals surface area (Å²) in [4.78, 5) is 10.9. The SMILES string of the molecule is COc1ccc2c(c1)C=C(C(=O)O)[C@@H](C(F)(F)F)O2. The van der Waals surface area contributed by atoms with Crippen molar-refractivity contribution in [2.24, 2.45) is 0 Å². The van der Waals surface area contributed by atoms with Crippen LogP contribution in [0.4, 0.5) is 13.2 Å². The maximum Gasteiger partial charge on any atom is 0.430 e. The number of carboxylic acids is 1. The van der Waals surface area contributed by atoms with E-state index in [0.29, 0.717) is 5.75 Å². The van der Waals surface area contributed by atoms with E-state index < -0.39 is 23.8 Å². The monoisotopic (exact) mass is 274 g/mol. The predicted molar refractivity (Wildman–Crippen MR) is 59.1 cm³/mol. The van der Waals surface area contributed by atoms with Crippen LogP contribution in [0.15, 0.2) is 23.8 Å². The topological polar surface area (TPSA) is 55.8 Å². The molecular weight excluding hydrogens is 265 g/mol. The number of hydrogen-bond acceptors (Lipinski definition) is 3. The number of hydrogen-bond donors (Lipinski definition) is 1. The number of ether oxygens (including phenoxy) is 2. The third-order valence-electron chi connectivity index (χ3n) is 2.60. The van der Waals surface area contributed by atoms with Crippen LogP contribution >= 0.6 is 0 Å². The lowest BCUT2D eigenvalue weighted by molar-refractivity contribution is -0.187. The van der Waals surface area contributed by atoms with Crippen LogP contribution in [0, 0.1) is 0 Å². The van der Waals surface area contributed by atoms with E-state index >= 15 is 0 Å². The molecule has 0 bridgehead atoms. The Balaban J connectivity index is 2.51. The molecule has 0 radical (unpaired) electrons. The van der Waals surface area contributed by atoms with Crippen LogP contribution in [0.3, 0.4) is 0 Å². The highest BCUT2D eigenvalue weighted by molar-refractivity contribution is 5.95. The van der Waals surface area contributed by atoms with Crippen molar-refractivity contribution in [3.05, 3.63) is 29.3 Å². The van der Waals surface area contributed by atoms with Gasteiger partial charge >= 0.3 is 12.1 Å². The molecule has 0 spiro atoms. The quantitative estimate of drug-likeness (QED) is 0.900. The van der Waals surface area contributed by atoms with Gasteiger partial charge in [-0.25, -0.2) is 4.79 Å². The second-order valence-corrected chi connectivity index (χ2v) is 3.85. The first-order valence-corrected chi connectivity index (χ1v) is 5.19. The van der Waals surface area contributed by atoms with Crippen LogP contribution in [0.1, 0.15) is 5.56 Å². The van der Waals surface area contributed by atoms with Gasteiger partial charge in [0.15, 0.2) is 0 Å². The van der Waals surface area contributed by atoms with E-state index in [1.165, 1.54) is 25.3 Å². The second-order valence-electron chi connectivity index (χ2n) is 3.85. The van der Waals surface area contributed by atoms with Crippen molar-refractivity contribution in [2.75, 3.05) is 7.11 Å². The van der Waals surface area contributed by atoms with Gasteiger partial charge in [-0.1, -0.05) is 0 Å². The van der Waals surface area contributed by atoms with Gasteiger partial charge in [-0.3, -0.25) is 0 Å². The summed E-state index contributed by atoms with van der Waals surface area (Å²) in [6.07, 6.45) is -6.31. The lowest BCUT2D eigenvalue weighted by Crippen LogP contribution is -2.40. The average Bonchev–Trinajstić information content (AvgIpc) is 2.35. The zero-order valence-corrected chi connectivity index (χ0v) is 9.69. The molecule has 0 fully saturated rings. The summed E-state index contributed by atoms with van der Waals surface area (Å²) < 4.78 is 47.9. The molecule has 0 saturated heterocycles. The zero-order valence-electron chi connectivity index (χ0n) is 9.69. The number of aliphatic carboxylic acids is 1. The second kappa shape index (κ2) is 4.49. The fourth-order valence-electron chi connectivity index (χ4n) is 1.72. The number of halogens is 3. The molecule has 102 valence electrons. The Morgan fingerprint density at radius 1 is 1.42 bits per heavy atom. The number of carboxylic acid groups (broad SMARTS) is 1. The van der Waals surface area contributed by atoms with Gasteiger partial charge in [0.05, 0.1) is 12.7 Å². The predicted octanol–water partition coefficient (Wildman–Crippen LogP) is 2.49. The average molecular weight is 274 g/mol. The lowest BCUT2D eigenvalue weighted by atomic mass is 10.0. The molecular formula is C12H9F3O4. The van der Waals surface area contributed by atoms with E-state index in [0.717, 1.165) is 6.08 Å². The van der Waals surface area contributed by atoms with Crippen molar-refractivity contribution in [1.82, 2.24) is 0 Å². The Morgan fingerprint density at radius 2 is 2.11 bits per heavy atom. The molecule has 19 heavy (non-hydrogen) atoms. The molecule has 4 nitrogen and oxygen atoms in total. The molecule has 2 rings (SSSR count). The van der Waals surface area contributed by atoms with Crippen molar-refractivity contribution in [3.63, 3.8) is 0 Å². The summed E-state index contributed by atoms with van der Waals surface area (Å²) in [5.74, 6) is -1.31. The van der Waals surface area contributed by atoms with Crippen LogP contribution in [0.5, 0.6) is 11.5 Å². The van der Waals surface area contributed by atoms with E-state index in [2.05, 4.69) is 0 Å². The number of methoxy groups -OCH3 is 1. The van der Waals surface area contributed by atoms with Crippen LogP contribution in [0.25, 0.3) is 6.08 Å². The van der Waals surface area contributed by atoms with Crippen LogP contribution in [-0.4, -0.2) is 30.5 Å². The Kier molecular flexibility index (Phi) is 3.13. The summed E-state index contributed by atoms with van der Waals surface area (Å²) in [5, 5.41) is 8.84. The summed E-state index contributed by atoms with van der Waals surface area (Å²) in [6, 6.07) is 4.15. The standard InChI is InChI=1S/C12H9F3O4/c1-18-7-2-3-9-6(4-7)5-8(11(16)17)10(19-9)12(13,14)15/h2-5,10H,1H3,(H,16,17)/t10-/m0/s1. The molecule has 1 aliphatic heterocycles. The van der Waals surface area contributed by atoms with Crippen LogP contribution < -0.4 is 9.47 Å². The first-order chi connectivity index (χ1) is 8.82. The van der Waals surface area contributed by atoms with Gasteiger partial charge in [0.1, 0.15) is 11.5 Å². The smallest absolute Gasteiger partial charge is 0.430 e. The highest BCUT2D eigenvalue weighted by atomic mass is 19.4. The maximum absolute atomic E-state index is 12.7. The summed E-state index contributed by atoms with van der Waals surface area (Å²) in [6.45, 7) is 0.